The quantitative estimate of drug-likeness (QED) is 0.396. The van der Waals surface area contributed by atoms with Gasteiger partial charge in [-0.15, -0.1) is 0 Å². The highest BCUT2D eigenvalue weighted by Crippen LogP contribution is 1.91. The summed E-state index contributed by atoms with van der Waals surface area (Å²) in [6.45, 7) is 9.49. The van der Waals surface area contributed by atoms with Crippen molar-refractivity contribution in [1.82, 2.24) is 0 Å². The highest BCUT2D eigenvalue weighted by molar-refractivity contribution is 5.82. The van der Waals surface area contributed by atoms with Crippen molar-refractivity contribution < 1.29 is 29.3 Å². The Labute approximate surface area is 93.8 Å². The van der Waals surface area contributed by atoms with Crippen LogP contribution in [0.3, 0.4) is 0 Å². The summed E-state index contributed by atoms with van der Waals surface area (Å²) in [4.78, 5) is 20.9. The van der Waals surface area contributed by atoms with Gasteiger partial charge in [-0.2, -0.15) is 0 Å². The Morgan fingerprint density at radius 1 is 1.25 bits per heavy atom. The third-order valence-electron chi connectivity index (χ3n) is 0.954. The number of aliphatic hydroxyl groups excluding tert-OH is 2. The molecular weight excluding hydrogens is 216 g/mol. The van der Waals surface area contributed by atoms with E-state index in [0.717, 1.165) is 18.8 Å². The zero-order chi connectivity index (χ0) is 13.0. The van der Waals surface area contributed by atoms with Crippen LogP contribution in [0.5, 0.6) is 0 Å². The number of rotatable bonds is 5. The Morgan fingerprint density at radius 2 is 1.69 bits per heavy atom. The van der Waals surface area contributed by atoms with Crippen LogP contribution in [0.25, 0.3) is 0 Å². The van der Waals surface area contributed by atoms with Crippen LogP contribution in [0, 0.1) is 13.5 Å². The molecule has 0 saturated heterocycles. The largest absolute Gasteiger partial charge is 0.456 e. The van der Waals surface area contributed by atoms with Gasteiger partial charge in [0.1, 0.15) is 0 Å². The zero-order valence-corrected chi connectivity index (χ0v) is 8.67. The average Bonchev–Trinajstić information content (AvgIpc) is 2.26. The number of hydrogen-bond donors (Lipinski definition) is 2. The summed E-state index contributed by atoms with van der Waals surface area (Å²) in [7, 11) is 0. The maximum atomic E-state index is 10.5. The molecule has 0 aliphatic carbocycles. The van der Waals surface area contributed by atoms with Crippen LogP contribution in [0.4, 0.5) is 0 Å². The Morgan fingerprint density at radius 3 is 2.06 bits per heavy atom. The number of carbonyl (C=O) groups excluding carboxylic acids is 2. The van der Waals surface area contributed by atoms with E-state index in [1.54, 1.807) is 0 Å². The first kappa shape index (κ1) is 16.8. The van der Waals surface area contributed by atoms with Gasteiger partial charge in [-0.1, -0.05) is 13.2 Å². The summed E-state index contributed by atoms with van der Waals surface area (Å²) in [5, 5.41) is 16.2. The van der Waals surface area contributed by atoms with Crippen molar-refractivity contribution in [3.63, 3.8) is 0 Å². The summed E-state index contributed by atoms with van der Waals surface area (Å²) >= 11 is 0. The predicted molar refractivity (Wildman–Crippen MR) is 55.0 cm³/mol. The molecule has 90 valence electrons. The third-order valence-corrected chi connectivity index (χ3v) is 0.954. The van der Waals surface area contributed by atoms with Crippen LogP contribution in [0.2, 0.25) is 0 Å². The van der Waals surface area contributed by atoms with Crippen molar-refractivity contribution in [2.75, 3.05) is 6.61 Å². The fraction of sp³-hybridized carbons (Fsp3) is 0.200. The topological polar surface area (TPSA) is 93.1 Å². The monoisotopic (exact) mass is 230 g/mol. The van der Waals surface area contributed by atoms with Crippen LogP contribution < -0.4 is 0 Å². The van der Waals surface area contributed by atoms with Gasteiger partial charge in [-0.25, -0.2) is 9.59 Å². The van der Waals surface area contributed by atoms with Crippen LogP contribution in [0.1, 0.15) is 0 Å². The minimum absolute atomic E-state index is 0.426. The van der Waals surface area contributed by atoms with E-state index in [1.807, 2.05) is 0 Å². The van der Waals surface area contributed by atoms with E-state index in [0.29, 0.717) is 0 Å². The second-order valence-electron chi connectivity index (χ2n) is 2.11. The van der Waals surface area contributed by atoms with Crippen molar-refractivity contribution in [3.8, 4) is 0 Å². The number of hydrogen-bond acceptors (Lipinski definition) is 6. The first-order valence-corrected chi connectivity index (χ1v) is 4.07. The van der Waals surface area contributed by atoms with Gasteiger partial charge in [-0.05, 0) is 6.92 Å². The van der Waals surface area contributed by atoms with Gasteiger partial charge in [0.25, 0.3) is 0 Å². The lowest BCUT2D eigenvalue weighted by molar-refractivity contribution is -0.175. The molecule has 0 rings (SSSR count). The van der Waals surface area contributed by atoms with E-state index >= 15 is 0 Å². The summed E-state index contributed by atoms with van der Waals surface area (Å²) in [5.74, 6) is -1.49. The van der Waals surface area contributed by atoms with Crippen LogP contribution >= 0.6 is 0 Å². The molecule has 0 heterocycles. The molecule has 0 aromatic heterocycles. The lowest BCUT2D eigenvalue weighted by Crippen LogP contribution is -2.23. The number of esters is 2. The molecule has 0 aromatic rings. The minimum atomic E-state index is -1.48. The lowest BCUT2D eigenvalue weighted by atomic mass is 10.6. The number of ether oxygens (including phenoxy) is 2. The SMILES string of the molecule is C=CC(=O)OCC(O)OC(=O)C=C.[CH2][CH]O. The minimum Gasteiger partial charge on any atom is -0.456 e. The van der Waals surface area contributed by atoms with E-state index in [-0.39, 0.29) is 0 Å². The van der Waals surface area contributed by atoms with Gasteiger partial charge >= 0.3 is 11.9 Å². The molecule has 16 heavy (non-hydrogen) atoms. The Kier molecular flexibility index (Phi) is 12.0. The molecular formula is C10H14O6. The van der Waals surface area contributed by atoms with E-state index in [2.05, 4.69) is 29.6 Å². The van der Waals surface area contributed by atoms with Crippen LogP contribution in [-0.4, -0.2) is 35.0 Å². The highest BCUT2D eigenvalue weighted by Gasteiger charge is 2.09. The zero-order valence-electron chi connectivity index (χ0n) is 8.67. The van der Waals surface area contributed by atoms with Crippen molar-refractivity contribution in [2.45, 2.75) is 6.29 Å². The Hall–Kier alpha value is -1.66. The molecule has 2 radical (unpaired) electrons. The van der Waals surface area contributed by atoms with Crippen LogP contribution in [-0.2, 0) is 19.1 Å². The number of carbonyl (C=O) groups is 2. The normalized spacial score (nSPS) is 10.2. The molecule has 6 nitrogen and oxygen atoms in total. The summed E-state index contributed by atoms with van der Waals surface area (Å²) < 4.78 is 8.66. The number of aliphatic hydroxyl groups is 2. The van der Waals surface area contributed by atoms with Gasteiger partial charge < -0.3 is 19.7 Å². The molecule has 0 aliphatic rings. The molecule has 0 saturated carbocycles. The molecule has 0 amide bonds. The van der Waals surface area contributed by atoms with Crippen molar-refractivity contribution in [1.29, 1.82) is 0 Å². The second-order valence-corrected chi connectivity index (χ2v) is 2.11. The Balaban J connectivity index is 0. The van der Waals surface area contributed by atoms with Gasteiger partial charge in [0.2, 0.25) is 6.29 Å². The van der Waals surface area contributed by atoms with Gasteiger partial charge in [0.05, 0.1) is 6.61 Å². The molecule has 2 N–H and O–H groups in total. The fourth-order valence-electron chi connectivity index (χ4n) is 0.429. The van der Waals surface area contributed by atoms with E-state index in [1.165, 1.54) is 0 Å². The molecule has 1 atom stereocenters. The standard InChI is InChI=1S/C8H10O5.C2H4O/c1-3-6(9)12-5-8(11)13-7(10)4-2;1-2-3/h3-4,8,11H,1-2,5H2;2-3H,1H2. The highest BCUT2D eigenvalue weighted by atomic mass is 16.7. The van der Waals surface area contributed by atoms with Gasteiger partial charge in [-0.3, -0.25) is 0 Å². The van der Waals surface area contributed by atoms with E-state index in [4.69, 9.17) is 10.2 Å². The molecule has 0 fully saturated rings. The lowest BCUT2D eigenvalue weighted by Gasteiger charge is -2.09. The fourth-order valence-corrected chi connectivity index (χ4v) is 0.429. The molecule has 6 heteroatoms. The molecule has 0 bridgehead atoms. The molecule has 0 aromatic carbocycles. The summed E-state index contributed by atoms with van der Waals surface area (Å²) in [6.07, 6.45) is 0.343. The molecule has 0 spiro atoms. The molecule has 0 aliphatic heterocycles. The third kappa shape index (κ3) is 12.3. The second kappa shape index (κ2) is 11.4. The first-order valence-electron chi connectivity index (χ1n) is 4.07. The van der Waals surface area contributed by atoms with Crippen molar-refractivity contribution in [2.24, 2.45) is 0 Å². The summed E-state index contributed by atoms with van der Waals surface area (Å²) in [5.41, 5.74) is 0. The van der Waals surface area contributed by atoms with E-state index < -0.39 is 24.8 Å². The first-order chi connectivity index (χ1) is 7.51. The molecule has 1 unspecified atom stereocenters. The maximum Gasteiger partial charge on any atom is 0.332 e. The van der Waals surface area contributed by atoms with Crippen LogP contribution in [0.15, 0.2) is 25.3 Å². The predicted octanol–water partition coefficient (Wildman–Crippen LogP) is 0.118. The van der Waals surface area contributed by atoms with Crippen molar-refractivity contribution in [3.05, 3.63) is 38.8 Å². The smallest absolute Gasteiger partial charge is 0.332 e. The van der Waals surface area contributed by atoms with Crippen molar-refractivity contribution >= 4 is 11.9 Å². The van der Waals surface area contributed by atoms with E-state index in [9.17, 15) is 9.59 Å². The average molecular weight is 230 g/mol. The maximum absolute atomic E-state index is 10.5. The van der Waals surface area contributed by atoms with Gasteiger partial charge in [0.15, 0.2) is 6.61 Å². The Bertz CT molecular complexity index is 235. The summed E-state index contributed by atoms with van der Waals surface area (Å²) in [6, 6.07) is 0. The van der Waals surface area contributed by atoms with Gasteiger partial charge in [0, 0.05) is 12.2 Å².